The number of halogens is 1. The number of benzene rings is 3. The molecule has 3 rings (SSSR count). The molecule has 4 nitrogen and oxygen atoms in total. The van der Waals surface area contributed by atoms with Gasteiger partial charge < -0.3 is 10.2 Å². The van der Waals surface area contributed by atoms with E-state index in [0.717, 1.165) is 23.1 Å². The Hall–Kier alpha value is -3.11. The van der Waals surface area contributed by atoms with Crippen LogP contribution in [-0.4, -0.2) is 29.3 Å². The molecule has 0 aliphatic heterocycles. The largest absolute Gasteiger partial charge is 0.354 e. The van der Waals surface area contributed by atoms with E-state index in [4.69, 9.17) is 11.6 Å². The Morgan fingerprint density at radius 3 is 1.97 bits per heavy atom. The summed E-state index contributed by atoms with van der Waals surface area (Å²) in [5, 5.41) is 3.62. The Morgan fingerprint density at radius 1 is 0.812 bits per heavy atom. The number of amides is 2. The number of rotatable bonds is 10. The van der Waals surface area contributed by atoms with Crippen LogP contribution in [0.1, 0.15) is 30.0 Å². The van der Waals surface area contributed by atoms with Gasteiger partial charge in [0.15, 0.2) is 0 Å². The lowest BCUT2D eigenvalue weighted by molar-refractivity contribution is -0.140. The van der Waals surface area contributed by atoms with Gasteiger partial charge in [-0.2, -0.15) is 0 Å². The Kier molecular flexibility index (Phi) is 8.88. The van der Waals surface area contributed by atoms with Crippen LogP contribution >= 0.6 is 11.6 Å². The molecule has 0 saturated heterocycles. The van der Waals surface area contributed by atoms with Crippen LogP contribution in [0.2, 0.25) is 5.02 Å². The zero-order valence-corrected chi connectivity index (χ0v) is 19.1. The SMILES string of the molecule is C[C@@H](C(=O)NCCc1ccccc1)N(Cc1ccc(Cl)cc1)C(=O)CCc1ccccc1. The second-order valence-electron chi connectivity index (χ2n) is 7.84. The average Bonchev–Trinajstić information content (AvgIpc) is 2.83. The van der Waals surface area contributed by atoms with Gasteiger partial charge in [-0.3, -0.25) is 9.59 Å². The fraction of sp³-hybridized carbons (Fsp3) is 0.259. The van der Waals surface area contributed by atoms with E-state index < -0.39 is 6.04 Å². The van der Waals surface area contributed by atoms with Crippen molar-refractivity contribution in [1.82, 2.24) is 10.2 Å². The number of nitrogens with one attached hydrogen (secondary N) is 1. The zero-order chi connectivity index (χ0) is 22.8. The highest BCUT2D eigenvalue weighted by Crippen LogP contribution is 2.15. The van der Waals surface area contributed by atoms with Crippen molar-refractivity contribution in [3.63, 3.8) is 0 Å². The first-order chi connectivity index (χ1) is 15.5. The molecule has 1 N–H and O–H groups in total. The summed E-state index contributed by atoms with van der Waals surface area (Å²) in [6.07, 6.45) is 1.73. The third kappa shape index (κ3) is 7.24. The second kappa shape index (κ2) is 12.1. The van der Waals surface area contributed by atoms with Gasteiger partial charge in [0.2, 0.25) is 11.8 Å². The molecule has 0 aromatic heterocycles. The van der Waals surface area contributed by atoms with Crippen LogP contribution in [-0.2, 0) is 29.0 Å². The van der Waals surface area contributed by atoms with Crippen molar-refractivity contribution in [3.05, 3.63) is 107 Å². The molecule has 32 heavy (non-hydrogen) atoms. The summed E-state index contributed by atoms with van der Waals surface area (Å²) in [4.78, 5) is 27.7. The molecule has 1 atom stereocenters. The topological polar surface area (TPSA) is 49.4 Å². The van der Waals surface area contributed by atoms with E-state index in [-0.39, 0.29) is 11.8 Å². The van der Waals surface area contributed by atoms with Gasteiger partial charge in [0, 0.05) is 24.5 Å². The predicted octanol–water partition coefficient (Wildman–Crippen LogP) is 5.05. The molecular formula is C27H29ClN2O2. The summed E-state index contributed by atoms with van der Waals surface area (Å²) in [5.74, 6) is -0.197. The van der Waals surface area contributed by atoms with Crippen LogP contribution in [0, 0.1) is 0 Å². The normalized spacial score (nSPS) is 11.6. The molecule has 3 aromatic carbocycles. The van der Waals surface area contributed by atoms with Crippen molar-refractivity contribution in [2.75, 3.05) is 6.54 Å². The molecule has 0 bridgehead atoms. The van der Waals surface area contributed by atoms with Crippen LogP contribution in [0.4, 0.5) is 0 Å². The summed E-state index contributed by atoms with van der Waals surface area (Å²) in [6.45, 7) is 2.67. The molecular weight excluding hydrogens is 420 g/mol. The molecule has 2 amide bonds. The van der Waals surface area contributed by atoms with Crippen molar-refractivity contribution in [2.45, 2.75) is 38.8 Å². The van der Waals surface area contributed by atoms with Crippen LogP contribution in [0.25, 0.3) is 0 Å². The van der Waals surface area contributed by atoms with Crippen molar-refractivity contribution in [2.24, 2.45) is 0 Å². The maximum absolute atomic E-state index is 13.1. The number of nitrogens with zero attached hydrogens (tertiary/aromatic N) is 1. The van der Waals surface area contributed by atoms with E-state index in [1.165, 1.54) is 0 Å². The highest BCUT2D eigenvalue weighted by molar-refractivity contribution is 6.30. The lowest BCUT2D eigenvalue weighted by Crippen LogP contribution is -2.48. The lowest BCUT2D eigenvalue weighted by atomic mass is 10.1. The van der Waals surface area contributed by atoms with Crippen molar-refractivity contribution in [3.8, 4) is 0 Å². The maximum Gasteiger partial charge on any atom is 0.242 e. The minimum Gasteiger partial charge on any atom is -0.354 e. The second-order valence-corrected chi connectivity index (χ2v) is 8.27. The fourth-order valence-corrected chi connectivity index (χ4v) is 3.66. The van der Waals surface area contributed by atoms with E-state index in [1.54, 1.807) is 24.0 Å². The molecule has 0 radical (unpaired) electrons. The number of aryl methyl sites for hydroxylation is 1. The van der Waals surface area contributed by atoms with Gasteiger partial charge in [0.05, 0.1) is 0 Å². The third-order valence-corrected chi connectivity index (χ3v) is 5.71. The molecule has 0 fully saturated rings. The lowest BCUT2D eigenvalue weighted by Gasteiger charge is -2.29. The summed E-state index contributed by atoms with van der Waals surface area (Å²) < 4.78 is 0. The van der Waals surface area contributed by atoms with Crippen LogP contribution in [0.5, 0.6) is 0 Å². The molecule has 0 heterocycles. The maximum atomic E-state index is 13.1. The van der Waals surface area contributed by atoms with Crippen LogP contribution in [0.15, 0.2) is 84.9 Å². The molecule has 3 aromatic rings. The van der Waals surface area contributed by atoms with E-state index in [2.05, 4.69) is 5.32 Å². The summed E-state index contributed by atoms with van der Waals surface area (Å²) in [6, 6.07) is 26.7. The first-order valence-electron chi connectivity index (χ1n) is 10.9. The van der Waals surface area contributed by atoms with E-state index >= 15 is 0 Å². The van der Waals surface area contributed by atoms with Gasteiger partial charge in [-0.15, -0.1) is 0 Å². The standard InChI is InChI=1S/C27H29ClN2O2/c1-21(27(32)29-19-18-23-10-6-3-7-11-23)30(20-24-12-15-25(28)16-13-24)26(31)17-14-22-8-4-2-5-9-22/h2-13,15-16,21H,14,17-20H2,1H3,(H,29,32)/t21-/m0/s1. The number of carbonyl (C=O) groups excluding carboxylic acids is 2. The van der Waals surface area contributed by atoms with Gasteiger partial charge in [-0.05, 0) is 48.6 Å². The van der Waals surface area contributed by atoms with Crippen molar-refractivity contribution < 1.29 is 9.59 Å². The highest BCUT2D eigenvalue weighted by Gasteiger charge is 2.25. The molecule has 0 saturated carbocycles. The number of hydrogen-bond acceptors (Lipinski definition) is 2. The molecule has 166 valence electrons. The van der Waals surface area contributed by atoms with Gasteiger partial charge >= 0.3 is 0 Å². The van der Waals surface area contributed by atoms with Gasteiger partial charge in [0.1, 0.15) is 6.04 Å². The van der Waals surface area contributed by atoms with Gasteiger partial charge in [0.25, 0.3) is 0 Å². The van der Waals surface area contributed by atoms with Gasteiger partial charge in [-0.25, -0.2) is 0 Å². The molecule has 0 unspecified atom stereocenters. The summed E-state index contributed by atoms with van der Waals surface area (Å²) >= 11 is 6.00. The Balaban J connectivity index is 1.64. The third-order valence-electron chi connectivity index (χ3n) is 5.46. The summed E-state index contributed by atoms with van der Waals surface area (Å²) in [5.41, 5.74) is 3.20. The van der Waals surface area contributed by atoms with E-state index in [9.17, 15) is 9.59 Å². The molecule has 0 aliphatic rings. The molecule has 5 heteroatoms. The zero-order valence-electron chi connectivity index (χ0n) is 18.3. The van der Waals surface area contributed by atoms with Crippen LogP contribution in [0.3, 0.4) is 0 Å². The Morgan fingerprint density at radius 2 is 1.38 bits per heavy atom. The number of carbonyl (C=O) groups is 2. The van der Waals surface area contributed by atoms with E-state index in [1.807, 2.05) is 72.8 Å². The Labute approximate surface area is 195 Å². The molecule has 0 spiro atoms. The first-order valence-corrected chi connectivity index (χ1v) is 11.3. The minimum atomic E-state index is -0.579. The monoisotopic (exact) mass is 448 g/mol. The predicted molar refractivity (Wildman–Crippen MR) is 129 cm³/mol. The minimum absolute atomic E-state index is 0.0467. The van der Waals surface area contributed by atoms with Crippen molar-refractivity contribution >= 4 is 23.4 Å². The number of hydrogen-bond donors (Lipinski definition) is 1. The quantitative estimate of drug-likeness (QED) is 0.472. The van der Waals surface area contributed by atoms with Crippen LogP contribution < -0.4 is 5.32 Å². The fourth-order valence-electron chi connectivity index (χ4n) is 3.53. The Bertz CT molecular complexity index is 991. The smallest absolute Gasteiger partial charge is 0.242 e. The van der Waals surface area contributed by atoms with Crippen molar-refractivity contribution in [1.29, 1.82) is 0 Å². The average molecular weight is 449 g/mol. The first kappa shape index (κ1) is 23.6. The molecule has 0 aliphatic carbocycles. The highest BCUT2D eigenvalue weighted by atomic mass is 35.5. The van der Waals surface area contributed by atoms with Gasteiger partial charge in [-0.1, -0.05) is 84.4 Å². The summed E-state index contributed by atoms with van der Waals surface area (Å²) in [7, 11) is 0. The van der Waals surface area contributed by atoms with E-state index in [0.29, 0.717) is 31.0 Å².